The maximum Gasteiger partial charge on any atom is 0.220 e. The number of aliphatic imine (C=N–C) groups is 1. The summed E-state index contributed by atoms with van der Waals surface area (Å²) >= 11 is 0. The van der Waals surface area contributed by atoms with Gasteiger partial charge in [-0.3, -0.25) is 9.79 Å². The Hall–Kier alpha value is -0.530. The van der Waals surface area contributed by atoms with Gasteiger partial charge in [0.2, 0.25) is 5.91 Å². The molecule has 2 fully saturated rings. The van der Waals surface area contributed by atoms with E-state index in [-0.39, 0.29) is 29.9 Å². The molecule has 5 nitrogen and oxygen atoms in total. The summed E-state index contributed by atoms with van der Waals surface area (Å²) in [6, 6.07) is 0. The Morgan fingerprint density at radius 3 is 2.36 bits per heavy atom. The van der Waals surface area contributed by atoms with Crippen molar-refractivity contribution in [3.8, 4) is 0 Å². The molecule has 1 aliphatic heterocycles. The minimum absolute atomic E-state index is 0. The van der Waals surface area contributed by atoms with Gasteiger partial charge in [-0.1, -0.05) is 26.7 Å². The molecule has 1 amide bonds. The topological polar surface area (TPSA) is 56.7 Å². The SMILES string of the molecule is CCNC(=NCCNC(=O)CC1CCCC1)N1CC(C)CC(C)C1.I. The van der Waals surface area contributed by atoms with Crippen LogP contribution >= 0.6 is 24.0 Å². The first-order valence-electron chi connectivity index (χ1n) is 9.88. The molecule has 0 radical (unpaired) electrons. The number of guanidine groups is 1. The van der Waals surface area contributed by atoms with Gasteiger partial charge in [0.05, 0.1) is 6.54 Å². The Labute approximate surface area is 170 Å². The molecule has 2 unspecified atom stereocenters. The molecular weight excluding hydrogens is 427 g/mol. The Balaban J connectivity index is 0.00000312. The molecule has 2 atom stereocenters. The van der Waals surface area contributed by atoms with Crippen LogP contribution in [0.4, 0.5) is 0 Å². The second-order valence-corrected chi connectivity index (χ2v) is 7.79. The number of piperidine rings is 1. The first kappa shape index (κ1) is 22.5. The highest BCUT2D eigenvalue weighted by Crippen LogP contribution is 2.27. The number of carbonyl (C=O) groups is 1. The van der Waals surface area contributed by atoms with E-state index in [0.717, 1.165) is 25.6 Å². The minimum atomic E-state index is 0. The van der Waals surface area contributed by atoms with Crippen molar-refractivity contribution in [1.29, 1.82) is 0 Å². The summed E-state index contributed by atoms with van der Waals surface area (Å²) in [6.45, 7) is 11.1. The van der Waals surface area contributed by atoms with Crippen molar-refractivity contribution in [3.63, 3.8) is 0 Å². The van der Waals surface area contributed by atoms with Crippen molar-refractivity contribution in [2.45, 2.75) is 59.3 Å². The van der Waals surface area contributed by atoms with Crippen LogP contribution in [0.5, 0.6) is 0 Å². The summed E-state index contributed by atoms with van der Waals surface area (Å²) < 4.78 is 0. The smallest absolute Gasteiger partial charge is 0.220 e. The second kappa shape index (κ2) is 12.0. The van der Waals surface area contributed by atoms with E-state index in [1.807, 2.05) is 0 Å². The number of halogens is 1. The Morgan fingerprint density at radius 1 is 1.12 bits per heavy atom. The van der Waals surface area contributed by atoms with Crippen LogP contribution < -0.4 is 10.6 Å². The highest BCUT2D eigenvalue weighted by molar-refractivity contribution is 14.0. The number of amides is 1. The average Bonchev–Trinajstić information content (AvgIpc) is 3.02. The van der Waals surface area contributed by atoms with E-state index in [1.54, 1.807) is 0 Å². The lowest BCUT2D eigenvalue weighted by molar-refractivity contribution is -0.121. The lowest BCUT2D eigenvalue weighted by atomic mass is 9.92. The maximum atomic E-state index is 12.0. The quantitative estimate of drug-likeness (QED) is 0.275. The largest absolute Gasteiger partial charge is 0.357 e. The first-order chi connectivity index (χ1) is 11.6. The average molecular weight is 464 g/mol. The Bertz CT molecular complexity index is 414. The molecule has 0 bridgehead atoms. The summed E-state index contributed by atoms with van der Waals surface area (Å²) in [5.41, 5.74) is 0. The predicted octanol–water partition coefficient (Wildman–Crippen LogP) is 3.24. The van der Waals surface area contributed by atoms with Crippen LogP contribution in [0, 0.1) is 17.8 Å². The van der Waals surface area contributed by atoms with Gasteiger partial charge >= 0.3 is 0 Å². The zero-order chi connectivity index (χ0) is 17.4. The molecule has 146 valence electrons. The number of hydrogen-bond donors (Lipinski definition) is 2. The van der Waals surface area contributed by atoms with E-state index in [4.69, 9.17) is 4.99 Å². The molecule has 2 aliphatic rings. The van der Waals surface area contributed by atoms with Gasteiger partial charge < -0.3 is 15.5 Å². The second-order valence-electron chi connectivity index (χ2n) is 7.79. The van der Waals surface area contributed by atoms with Crippen molar-refractivity contribution in [1.82, 2.24) is 15.5 Å². The first-order valence-corrected chi connectivity index (χ1v) is 9.88. The van der Waals surface area contributed by atoms with Gasteiger partial charge in [0.1, 0.15) is 0 Å². The van der Waals surface area contributed by atoms with Crippen molar-refractivity contribution in [2.24, 2.45) is 22.7 Å². The van der Waals surface area contributed by atoms with Crippen LogP contribution in [0.1, 0.15) is 59.3 Å². The molecule has 0 aromatic rings. The van der Waals surface area contributed by atoms with Crippen molar-refractivity contribution >= 4 is 35.8 Å². The van der Waals surface area contributed by atoms with E-state index < -0.39 is 0 Å². The monoisotopic (exact) mass is 464 g/mol. The van der Waals surface area contributed by atoms with Crippen molar-refractivity contribution in [3.05, 3.63) is 0 Å². The molecule has 25 heavy (non-hydrogen) atoms. The van der Waals surface area contributed by atoms with E-state index >= 15 is 0 Å². The molecular formula is C19H37IN4O. The van der Waals surface area contributed by atoms with Crippen LogP contribution in [0.15, 0.2) is 4.99 Å². The van der Waals surface area contributed by atoms with Gasteiger partial charge in [-0.25, -0.2) is 0 Å². The van der Waals surface area contributed by atoms with E-state index in [1.165, 1.54) is 32.1 Å². The third-order valence-electron chi connectivity index (χ3n) is 5.15. The van der Waals surface area contributed by atoms with Gasteiger partial charge in [0.15, 0.2) is 5.96 Å². The van der Waals surface area contributed by atoms with Crippen molar-refractivity contribution < 1.29 is 4.79 Å². The number of carbonyl (C=O) groups excluding carboxylic acids is 1. The van der Waals surface area contributed by atoms with Crippen LogP contribution in [-0.2, 0) is 4.79 Å². The van der Waals surface area contributed by atoms with Crippen LogP contribution in [-0.4, -0.2) is 49.5 Å². The summed E-state index contributed by atoms with van der Waals surface area (Å²) in [7, 11) is 0. The Kier molecular flexibility index (Phi) is 10.8. The fourth-order valence-corrected chi connectivity index (χ4v) is 4.17. The van der Waals surface area contributed by atoms with Crippen LogP contribution in [0.25, 0.3) is 0 Å². The fourth-order valence-electron chi connectivity index (χ4n) is 4.17. The molecule has 0 spiro atoms. The molecule has 2 N–H and O–H groups in total. The molecule has 1 saturated carbocycles. The molecule has 1 saturated heterocycles. The lowest BCUT2D eigenvalue weighted by Crippen LogP contribution is -2.48. The van der Waals surface area contributed by atoms with Gasteiger partial charge in [0, 0.05) is 32.6 Å². The molecule has 1 aliphatic carbocycles. The molecule has 6 heteroatoms. The number of nitrogens with one attached hydrogen (secondary N) is 2. The van der Waals surface area contributed by atoms with Gasteiger partial charge in [-0.15, -0.1) is 24.0 Å². The van der Waals surface area contributed by atoms with Crippen LogP contribution in [0.2, 0.25) is 0 Å². The van der Waals surface area contributed by atoms with E-state index in [0.29, 0.717) is 37.3 Å². The highest BCUT2D eigenvalue weighted by Gasteiger charge is 2.24. The van der Waals surface area contributed by atoms with Crippen molar-refractivity contribution in [2.75, 3.05) is 32.7 Å². The summed E-state index contributed by atoms with van der Waals surface area (Å²) in [6.07, 6.45) is 7.03. The third-order valence-corrected chi connectivity index (χ3v) is 5.15. The fraction of sp³-hybridized carbons (Fsp3) is 0.895. The van der Waals surface area contributed by atoms with E-state index in [2.05, 4.69) is 36.3 Å². The number of rotatable bonds is 6. The standard InChI is InChI=1S/C19H36N4O.HI/c1-4-20-19(23-13-15(2)11-16(3)14-23)22-10-9-21-18(24)12-17-7-5-6-8-17;/h15-17H,4-14H2,1-3H3,(H,20,22)(H,21,24);1H. The highest BCUT2D eigenvalue weighted by atomic mass is 127. The predicted molar refractivity (Wildman–Crippen MR) is 115 cm³/mol. The van der Waals surface area contributed by atoms with E-state index in [9.17, 15) is 4.79 Å². The Morgan fingerprint density at radius 2 is 1.76 bits per heavy atom. The summed E-state index contributed by atoms with van der Waals surface area (Å²) in [5.74, 6) is 3.23. The van der Waals surface area contributed by atoms with Gasteiger partial charge in [-0.05, 0) is 43.9 Å². The normalized spacial score (nSPS) is 24.8. The zero-order valence-electron chi connectivity index (χ0n) is 16.2. The minimum Gasteiger partial charge on any atom is -0.357 e. The number of nitrogens with zero attached hydrogens (tertiary/aromatic N) is 2. The maximum absolute atomic E-state index is 12.0. The summed E-state index contributed by atoms with van der Waals surface area (Å²) in [4.78, 5) is 19.1. The number of likely N-dealkylation sites (tertiary alicyclic amines) is 1. The number of hydrogen-bond acceptors (Lipinski definition) is 2. The molecule has 0 aromatic carbocycles. The van der Waals surface area contributed by atoms with Crippen LogP contribution in [0.3, 0.4) is 0 Å². The van der Waals surface area contributed by atoms with Gasteiger partial charge in [0.25, 0.3) is 0 Å². The molecule has 2 rings (SSSR count). The van der Waals surface area contributed by atoms with Gasteiger partial charge in [-0.2, -0.15) is 0 Å². The molecule has 1 heterocycles. The zero-order valence-corrected chi connectivity index (χ0v) is 18.6. The third kappa shape index (κ3) is 8.13. The molecule has 0 aromatic heterocycles. The lowest BCUT2D eigenvalue weighted by Gasteiger charge is -2.37. The summed E-state index contributed by atoms with van der Waals surface area (Å²) in [5, 5.41) is 6.44.